The van der Waals surface area contributed by atoms with Gasteiger partial charge in [0.1, 0.15) is 16.8 Å². The molecule has 0 bridgehead atoms. The molecule has 12 rings (SSSR count). The van der Waals surface area contributed by atoms with Gasteiger partial charge in [0.05, 0.1) is 16.7 Å². The summed E-state index contributed by atoms with van der Waals surface area (Å²) in [6, 6.07) is 57.1. The van der Waals surface area contributed by atoms with Crippen LogP contribution in [0.25, 0.3) is 100 Å². The van der Waals surface area contributed by atoms with Gasteiger partial charge in [-0.2, -0.15) is 0 Å². The van der Waals surface area contributed by atoms with Gasteiger partial charge in [0.15, 0.2) is 17.5 Å². The molecule has 7 aromatic carbocycles. The second kappa shape index (κ2) is 11.3. The molecule has 4 aromatic heterocycles. The highest BCUT2D eigenvalue weighted by molar-refractivity contribution is 7.99. The largest absolute Gasteiger partial charge is 0.456 e. The van der Waals surface area contributed by atoms with Crippen molar-refractivity contribution in [1.29, 1.82) is 0 Å². The van der Waals surface area contributed by atoms with Crippen LogP contribution in [-0.2, 0) is 0 Å². The average molecular weight is 710 g/mol. The molecule has 0 saturated carbocycles. The van der Waals surface area contributed by atoms with E-state index in [4.69, 9.17) is 19.4 Å². The number of fused-ring (bicyclic) bond motifs is 10. The van der Waals surface area contributed by atoms with Gasteiger partial charge < -0.3 is 4.42 Å². The summed E-state index contributed by atoms with van der Waals surface area (Å²) in [7, 11) is 0. The third-order valence-corrected chi connectivity index (χ3v) is 11.7. The van der Waals surface area contributed by atoms with Crippen LogP contribution < -0.4 is 0 Å². The predicted molar refractivity (Wildman–Crippen MR) is 219 cm³/mol. The smallest absolute Gasteiger partial charge is 0.164 e. The highest BCUT2D eigenvalue weighted by atomic mass is 32.2. The summed E-state index contributed by atoms with van der Waals surface area (Å²) in [5.41, 5.74) is 10.2. The van der Waals surface area contributed by atoms with Crippen LogP contribution in [0.4, 0.5) is 0 Å². The van der Waals surface area contributed by atoms with Gasteiger partial charge in [0.25, 0.3) is 0 Å². The lowest BCUT2D eigenvalue weighted by Gasteiger charge is -2.21. The van der Waals surface area contributed by atoms with Crippen molar-refractivity contribution >= 4 is 66.5 Å². The zero-order valence-electron chi connectivity index (χ0n) is 28.6. The van der Waals surface area contributed by atoms with E-state index in [1.807, 2.05) is 72.4 Å². The molecule has 252 valence electrons. The first-order chi connectivity index (χ1) is 26.8. The fourth-order valence-electron chi connectivity index (χ4n) is 8.19. The van der Waals surface area contributed by atoms with Crippen molar-refractivity contribution in [2.45, 2.75) is 9.79 Å². The lowest BCUT2D eigenvalue weighted by molar-refractivity contribution is 0.669. The van der Waals surface area contributed by atoms with E-state index in [0.29, 0.717) is 17.5 Å². The van der Waals surface area contributed by atoms with Crippen molar-refractivity contribution in [3.8, 4) is 45.5 Å². The van der Waals surface area contributed by atoms with Crippen molar-refractivity contribution in [2.24, 2.45) is 0 Å². The second-order valence-electron chi connectivity index (χ2n) is 13.6. The number of furan rings is 1. The number of para-hydroxylation sites is 4. The van der Waals surface area contributed by atoms with E-state index in [9.17, 15) is 0 Å². The standard InChI is InChI=1S/C47H27N5OS/c1-2-12-28(13-3-1)44-48-45(50-46(49-44)30-24-25-39-35(27-30)32-16-5-8-21-38(32)53-39)29-14-10-15-31(26-29)51-36-19-6-4-17-33(36)42-34-18-11-23-41-43(34)52(47(42)51)37-20-7-9-22-40(37)54-41/h1-27H. The molecule has 0 amide bonds. The van der Waals surface area contributed by atoms with E-state index in [1.165, 1.54) is 37.2 Å². The van der Waals surface area contributed by atoms with E-state index < -0.39 is 0 Å². The monoisotopic (exact) mass is 709 g/mol. The summed E-state index contributed by atoms with van der Waals surface area (Å²) in [5.74, 6) is 1.83. The summed E-state index contributed by atoms with van der Waals surface area (Å²) in [4.78, 5) is 17.8. The third kappa shape index (κ3) is 4.27. The first-order valence-electron chi connectivity index (χ1n) is 17.9. The van der Waals surface area contributed by atoms with Crippen LogP contribution in [-0.4, -0.2) is 24.1 Å². The summed E-state index contributed by atoms with van der Waals surface area (Å²) >= 11 is 1.84. The van der Waals surface area contributed by atoms with Gasteiger partial charge in [0, 0.05) is 59.1 Å². The maximum atomic E-state index is 6.15. The SMILES string of the molecule is c1ccc(-c2nc(-c3cccc(-n4c5ccccc5c5c6cccc7c6n(c54)-c4ccccc4S7)c3)nc(-c3ccc4oc5ccccc5c4c3)n2)cc1. The molecule has 0 atom stereocenters. The Morgan fingerprint density at radius 2 is 1.09 bits per heavy atom. The molecule has 11 aromatic rings. The Morgan fingerprint density at radius 3 is 1.98 bits per heavy atom. The molecule has 1 aliphatic heterocycles. The third-order valence-electron chi connectivity index (χ3n) is 10.5. The Labute approximate surface area is 313 Å². The van der Waals surface area contributed by atoms with Crippen LogP contribution in [0.3, 0.4) is 0 Å². The van der Waals surface area contributed by atoms with Crippen LogP contribution in [0, 0.1) is 0 Å². The zero-order chi connectivity index (χ0) is 35.3. The van der Waals surface area contributed by atoms with Crippen LogP contribution >= 0.6 is 11.8 Å². The van der Waals surface area contributed by atoms with Gasteiger partial charge in [-0.05, 0) is 60.7 Å². The van der Waals surface area contributed by atoms with E-state index in [1.54, 1.807) is 0 Å². The van der Waals surface area contributed by atoms with Crippen LogP contribution in [0.5, 0.6) is 0 Å². The molecule has 1 aliphatic rings. The van der Waals surface area contributed by atoms with Gasteiger partial charge in [0.2, 0.25) is 0 Å². The van der Waals surface area contributed by atoms with Crippen molar-refractivity contribution in [3.63, 3.8) is 0 Å². The molecule has 0 unspecified atom stereocenters. The van der Waals surface area contributed by atoms with Crippen molar-refractivity contribution < 1.29 is 4.42 Å². The normalized spacial score (nSPS) is 12.4. The Kier molecular flexibility index (Phi) is 6.18. The quantitative estimate of drug-likeness (QED) is 0.182. The minimum absolute atomic E-state index is 0.606. The van der Waals surface area contributed by atoms with Gasteiger partial charge in [-0.3, -0.25) is 9.13 Å². The zero-order valence-corrected chi connectivity index (χ0v) is 29.5. The number of hydrogen-bond donors (Lipinski definition) is 0. The number of benzene rings is 7. The van der Waals surface area contributed by atoms with Crippen molar-refractivity contribution in [3.05, 3.63) is 164 Å². The summed E-state index contributed by atoms with van der Waals surface area (Å²) in [6.45, 7) is 0. The maximum Gasteiger partial charge on any atom is 0.164 e. The molecular formula is C47H27N5OS. The van der Waals surface area contributed by atoms with Gasteiger partial charge in [-0.15, -0.1) is 0 Å². The van der Waals surface area contributed by atoms with Gasteiger partial charge >= 0.3 is 0 Å². The topological polar surface area (TPSA) is 61.7 Å². The second-order valence-corrected chi connectivity index (χ2v) is 14.7. The van der Waals surface area contributed by atoms with E-state index in [0.717, 1.165) is 55.5 Å². The highest BCUT2D eigenvalue weighted by Crippen LogP contribution is 2.49. The lowest BCUT2D eigenvalue weighted by Crippen LogP contribution is -2.06. The summed E-state index contributed by atoms with van der Waals surface area (Å²) in [6.07, 6.45) is 0. The van der Waals surface area contributed by atoms with Crippen LogP contribution in [0.1, 0.15) is 0 Å². The molecule has 5 heterocycles. The minimum Gasteiger partial charge on any atom is -0.456 e. The van der Waals surface area contributed by atoms with Crippen LogP contribution in [0.2, 0.25) is 0 Å². The molecule has 0 radical (unpaired) electrons. The Bertz CT molecular complexity index is 3320. The molecule has 0 spiro atoms. The lowest BCUT2D eigenvalue weighted by atomic mass is 10.1. The first-order valence-corrected chi connectivity index (χ1v) is 18.8. The van der Waals surface area contributed by atoms with Gasteiger partial charge in [-0.1, -0.05) is 115 Å². The Hall–Kier alpha value is -6.96. The summed E-state index contributed by atoms with van der Waals surface area (Å²) in [5, 5.41) is 5.83. The predicted octanol–water partition coefficient (Wildman–Crippen LogP) is 12.3. The Balaban J connectivity index is 1.10. The molecule has 0 fully saturated rings. The number of nitrogens with zero attached hydrogens (tertiary/aromatic N) is 5. The number of hydrogen-bond acceptors (Lipinski definition) is 5. The van der Waals surface area contributed by atoms with E-state index in [2.05, 4.69) is 112 Å². The highest BCUT2D eigenvalue weighted by Gasteiger charge is 2.27. The fraction of sp³-hybridized carbons (Fsp3) is 0. The molecular weight excluding hydrogens is 683 g/mol. The van der Waals surface area contributed by atoms with Crippen LogP contribution in [0.15, 0.2) is 178 Å². The van der Waals surface area contributed by atoms with Gasteiger partial charge in [-0.25, -0.2) is 15.0 Å². The number of rotatable bonds is 4. The van der Waals surface area contributed by atoms with Crippen molar-refractivity contribution in [2.75, 3.05) is 0 Å². The van der Waals surface area contributed by atoms with Crippen molar-refractivity contribution in [1.82, 2.24) is 24.1 Å². The van der Waals surface area contributed by atoms with E-state index >= 15 is 0 Å². The number of aromatic nitrogens is 5. The van der Waals surface area contributed by atoms with E-state index in [-0.39, 0.29) is 0 Å². The molecule has 7 heteroatoms. The first kappa shape index (κ1) is 29.6. The maximum absolute atomic E-state index is 6.15. The Morgan fingerprint density at radius 1 is 0.444 bits per heavy atom. The molecule has 0 saturated heterocycles. The minimum atomic E-state index is 0.606. The average Bonchev–Trinajstić information content (AvgIpc) is 3.89. The molecule has 6 nitrogen and oxygen atoms in total. The molecule has 54 heavy (non-hydrogen) atoms. The summed E-state index contributed by atoms with van der Waals surface area (Å²) < 4.78 is 11.0. The fourth-order valence-corrected chi connectivity index (χ4v) is 9.28. The molecule has 0 N–H and O–H groups in total. The molecule has 0 aliphatic carbocycles.